The maximum absolute atomic E-state index is 5.74. The average Bonchev–Trinajstić information content (AvgIpc) is 2.94. The fraction of sp³-hybridized carbons (Fsp3) is 0.182. The molecule has 3 heterocycles. The van der Waals surface area contributed by atoms with Gasteiger partial charge in [-0.2, -0.15) is 0 Å². The molecule has 0 aliphatic carbocycles. The first-order valence-corrected chi connectivity index (χ1v) is 6.93. The summed E-state index contributed by atoms with van der Waals surface area (Å²) in [6.45, 7) is 2.39. The molecule has 0 amide bonds. The van der Waals surface area contributed by atoms with Gasteiger partial charge in [-0.15, -0.1) is 16.4 Å². The molecular weight excluding hydrogens is 316 g/mol. The molecule has 0 unspecified atom stereocenters. The maximum Gasteiger partial charge on any atom is 0.242 e. The highest BCUT2D eigenvalue weighted by Crippen LogP contribution is 2.22. The first-order valence-electron chi connectivity index (χ1n) is 5.26. The van der Waals surface area contributed by atoms with E-state index in [4.69, 9.17) is 4.74 Å². The van der Waals surface area contributed by atoms with Gasteiger partial charge in [-0.25, -0.2) is 9.50 Å². The molecule has 0 saturated heterocycles. The topological polar surface area (TPSA) is 52.3 Å². The lowest BCUT2D eigenvalue weighted by atomic mass is 10.4. The van der Waals surface area contributed by atoms with Gasteiger partial charge in [-0.1, -0.05) is 5.21 Å². The molecule has 0 N–H and O–H groups in total. The Labute approximate surface area is 116 Å². The Bertz CT molecular complexity index is 693. The van der Waals surface area contributed by atoms with Crippen molar-refractivity contribution in [2.45, 2.75) is 13.5 Å². The van der Waals surface area contributed by atoms with E-state index in [1.165, 1.54) is 0 Å². The van der Waals surface area contributed by atoms with Crippen LogP contribution in [-0.2, 0) is 6.61 Å². The van der Waals surface area contributed by atoms with E-state index >= 15 is 0 Å². The van der Waals surface area contributed by atoms with Crippen LogP contribution in [0.15, 0.2) is 28.3 Å². The normalized spacial score (nSPS) is 11.0. The van der Waals surface area contributed by atoms with E-state index in [1.54, 1.807) is 22.0 Å². The average molecular weight is 325 g/mol. The molecule has 0 saturated carbocycles. The predicted molar refractivity (Wildman–Crippen MR) is 71.9 cm³/mol. The lowest BCUT2D eigenvalue weighted by Gasteiger charge is -2.05. The van der Waals surface area contributed by atoms with Crippen LogP contribution in [0.5, 0.6) is 5.88 Å². The Morgan fingerprint density at radius 2 is 2.39 bits per heavy atom. The van der Waals surface area contributed by atoms with Crippen molar-refractivity contribution in [2.24, 2.45) is 0 Å². The molecule has 0 fully saturated rings. The highest BCUT2D eigenvalue weighted by Gasteiger charge is 2.08. The van der Waals surface area contributed by atoms with E-state index in [1.807, 2.05) is 24.6 Å². The number of nitrogens with zero attached hydrogens (tertiary/aromatic N) is 4. The summed E-state index contributed by atoms with van der Waals surface area (Å²) in [5.41, 5.74) is 1.62. The zero-order valence-corrected chi connectivity index (χ0v) is 11.9. The predicted octanol–water partition coefficient (Wildman–Crippen LogP) is 2.84. The van der Waals surface area contributed by atoms with Gasteiger partial charge in [-0.3, -0.25) is 0 Å². The van der Waals surface area contributed by atoms with E-state index in [0.717, 1.165) is 20.6 Å². The van der Waals surface area contributed by atoms with E-state index in [-0.39, 0.29) is 0 Å². The molecule has 7 heteroatoms. The van der Waals surface area contributed by atoms with Gasteiger partial charge < -0.3 is 4.74 Å². The standard InChI is InChI=1S/C11H9BrN4OS/c1-7-4-16-10(3-13-15-16)11(14-7)17-5-9-2-8(12)6-18-9/h2-4,6H,5H2,1H3. The Morgan fingerprint density at radius 3 is 3.17 bits per heavy atom. The van der Waals surface area contributed by atoms with Crippen LogP contribution in [0, 0.1) is 6.92 Å². The summed E-state index contributed by atoms with van der Waals surface area (Å²) < 4.78 is 8.47. The van der Waals surface area contributed by atoms with Crippen LogP contribution in [-0.4, -0.2) is 19.8 Å². The molecule has 92 valence electrons. The zero-order valence-electron chi connectivity index (χ0n) is 9.50. The smallest absolute Gasteiger partial charge is 0.242 e. The Kier molecular flexibility index (Phi) is 3.00. The Morgan fingerprint density at radius 1 is 1.50 bits per heavy atom. The summed E-state index contributed by atoms with van der Waals surface area (Å²) in [7, 11) is 0. The van der Waals surface area contributed by atoms with Crippen molar-refractivity contribution < 1.29 is 4.74 Å². The van der Waals surface area contributed by atoms with Crippen LogP contribution >= 0.6 is 27.3 Å². The van der Waals surface area contributed by atoms with Crippen molar-refractivity contribution in [3.8, 4) is 5.88 Å². The van der Waals surface area contributed by atoms with Crippen LogP contribution in [0.3, 0.4) is 0 Å². The summed E-state index contributed by atoms with van der Waals surface area (Å²) in [5.74, 6) is 0.560. The molecule has 0 bridgehead atoms. The van der Waals surface area contributed by atoms with Crippen LogP contribution in [0.4, 0.5) is 0 Å². The van der Waals surface area contributed by atoms with E-state index in [9.17, 15) is 0 Å². The van der Waals surface area contributed by atoms with Crippen molar-refractivity contribution in [1.29, 1.82) is 0 Å². The zero-order chi connectivity index (χ0) is 12.5. The largest absolute Gasteiger partial charge is 0.470 e. The van der Waals surface area contributed by atoms with Crippen LogP contribution in [0.2, 0.25) is 0 Å². The van der Waals surface area contributed by atoms with Crippen LogP contribution in [0.25, 0.3) is 5.52 Å². The molecule has 0 spiro atoms. The van der Waals surface area contributed by atoms with Crippen molar-refractivity contribution in [1.82, 2.24) is 19.8 Å². The van der Waals surface area contributed by atoms with Gasteiger partial charge in [0.25, 0.3) is 0 Å². The number of aryl methyl sites for hydroxylation is 1. The molecule has 3 aromatic rings. The third kappa shape index (κ3) is 2.23. The van der Waals surface area contributed by atoms with E-state index in [0.29, 0.717) is 12.5 Å². The Hall–Kier alpha value is -1.47. The minimum atomic E-state index is 0.494. The molecule has 18 heavy (non-hydrogen) atoms. The van der Waals surface area contributed by atoms with Crippen molar-refractivity contribution in [3.63, 3.8) is 0 Å². The number of hydrogen-bond acceptors (Lipinski definition) is 5. The number of fused-ring (bicyclic) bond motifs is 1. The summed E-state index contributed by atoms with van der Waals surface area (Å²) in [6, 6.07) is 2.03. The SMILES string of the molecule is Cc1cn2nncc2c(OCc2cc(Br)cs2)n1. The van der Waals surface area contributed by atoms with Crippen LogP contribution < -0.4 is 4.74 Å². The lowest BCUT2D eigenvalue weighted by molar-refractivity contribution is 0.299. The fourth-order valence-corrected chi connectivity index (χ4v) is 2.95. The highest BCUT2D eigenvalue weighted by molar-refractivity contribution is 9.10. The number of hydrogen-bond donors (Lipinski definition) is 0. The molecule has 0 aliphatic heterocycles. The Balaban J connectivity index is 1.87. The van der Waals surface area contributed by atoms with E-state index in [2.05, 4.69) is 31.2 Å². The molecule has 3 rings (SSSR count). The summed E-state index contributed by atoms with van der Waals surface area (Å²) >= 11 is 5.06. The summed E-state index contributed by atoms with van der Waals surface area (Å²) in [4.78, 5) is 5.50. The summed E-state index contributed by atoms with van der Waals surface area (Å²) in [5, 5.41) is 9.82. The summed E-state index contributed by atoms with van der Waals surface area (Å²) in [6.07, 6.45) is 3.46. The maximum atomic E-state index is 5.74. The van der Waals surface area contributed by atoms with Gasteiger partial charge in [0.05, 0.1) is 18.1 Å². The van der Waals surface area contributed by atoms with Crippen molar-refractivity contribution >= 4 is 32.8 Å². The second-order valence-electron chi connectivity index (χ2n) is 3.77. The number of halogens is 1. The number of rotatable bonds is 3. The third-order valence-electron chi connectivity index (χ3n) is 2.35. The first-order chi connectivity index (χ1) is 8.72. The molecule has 0 aromatic carbocycles. The number of thiophene rings is 1. The van der Waals surface area contributed by atoms with E-state index < -0.39 is 0 Å². The molecule has 5 nitrogen and oxygen atoms in total. The van der Waals surface area contributed by atoms with Crippen molar-refractivity contribution in [2.75, 3.05) is 0 Å². The minimum Gasteiger partial charge on any atom is -0.470 e. The van der Waals surface area contributed by atoms with Crippen molar-refractivity contribution in [3.05, 3.63) is 38.9 Å². The number of ether oxygens (including phenoxy) is 1. The van der Waals surface area contributed by atoms with Gasteiger partial charge in [0.15, 0.2) is 0 Å². The minimum absolute atomic E-state index is 0.494. The second-order valence-corrected chi connectivity index (χ2v) is 5.68. The molecule has 0 radical (unpaired) electrons. The molecular formula is C11H9BrN4OS. The van der Waals surface area contributed by atoms with Gasteiger partial charge in [0.1, 0.15) is 12.1 Å². The quantitative estimate of drug-likeness (QED) is 0.743. The van der Waals surface area contributed by atoms with Gasteiger partial charge >= 0.3 is 0 Å². The second kappa shape index (κ2) is 4.66. The van der Waals surface area contributed by atoms with Gasteiger partial charge in [0, 0.05) is 14.7 Å². The van der Waals surface area contributed by atoms with Crippen LogP contribution in [0.1, 0.15) is 10.6 Å². The molecule has 3 aromatic heterocycles. The van der Waals surface area contributed by atoms with Gasteiger partial charge in [0.2, 0.25) is 5.88 Å². The molecule has 0 aliphatic rings. The van der Waals surface area contributed by atoms with Gasteiger partial charge in [-0.05, 0) is 28.9 Å². The first kappa shape index (κ1) is 11.6. The lowest BCUT2D eigenvalue weighted by Crippen LogP contribution is -2.00. The highest BCUT2D eigenvalue weighted by atomic mass is 79.9. The third-order valence-corrected chi connectivity index (χ3v) is 4.03. The number of aromatic nitrogens is 4. The molecule has 0 atom stereocenters. The fourth-order valence-electron chi connectivity index (χ4n) is 1.59. The monoisotopic (exact) mass is 324 g/mol.